The zero-order valence-electron chi connectivity index (χ0n) is 12.1. The third kappa shape index (κ3) is 2.72. The quantitative estimate of drug-likeness (QED) is 0.943. The molecule has 0 spiro atoms. The summed E-state index contributed by atoms with van der Waals surface area (Å²) in [6.45, 7) is 0. The van der Waals surface area contributed by atoms with Gasteiger partial charge in [-0.1, -0.05) is 48.5 Å². The van der Waals surface area contributed by atoms with Crippen LogP contribution < -0.4 is 4.90 Å². The maximum Gasteiger partial charge on any atom is 0.327 e. The number of fused-ring (bicyclic) bond motifs is 1. The molecule has 1 N–H and O–H groups in total. The largest absolute Gasteiger partial charge is 0.480 e. The van der Waals surface area contributed by atoms with Gasteiger partial charge in [0.2, 0.25) is 5.91 Å². The molecule has 4 nitrogen and oxygen atoms in total. The zero-order chi connectivity index (χ0) is 15.5. The Hall–Kier alpha value is -2.62. The molecule has 1 aliphatic heterocycles. The number of carboxylic acid groups (broad SMARTS) is 1. The summed E-state index contributed by atoms with van der Waals surface area (Å²) in [4.78, 5) is 25.5. The van der Waals surface area contributed by atoms with Gasteiger partial charge in [-0.05, 0) is 23.6 Å². The van der Waals surface area contributed by atoms with Gasteiger partial charge in [-0.2, -0.15) is 0 Å². The monoisotopic (exact) mass is 295 g/mol. The summed E-state index contributed by atoms with van der Waals surface area (Å²) < 4.78 is 0. The molecule has 1 unspecified atom stereocenters. The summed E-state index contributed by atoms with van der Waals surface area (Å²) in [5, 5.41) is 9.40. The predicted molar refractivity (Wildman–Crippen MR) is 83.8 cm³/mol. The van der Waals surface area contributed by atoms with Crippen molar-refractivity contribution >= 4 is 17.6 Å². The highest BCUT2D eigenvalue weighted by Gasteiger charge is 2.37. The maximum atomic E-state index is 12.6. The van der Waals surface area contributed by atoms with Crippen LogP contribution in [0, 0.1) is 0 Å². The van der Waals surface area contributed by atoms with Gasteiger partial charge in [-0.3, -0.25) is 9.69 Å². The van der Waals surface area contributed by atoms with Gasteiger partial charge in [-0.25, -0.2) is 4.79 Å². The number of para-hydroxylation sites is 1. The molecule has 1 amide bonds. The molecule has 0 bridgehead atoms. The molecule has 2 aromatic carbocycles. The lowest BCUT2D eigenvalue weighted by Crippen LogP contribution is -2.42. The molecular formula is C18H17NO3. The van der Waals surface area contributed by atoms with Crippen LogP contribution in [0.1, 0.15) is 17.5 Å². The van der Waals surface area contributed by atoms with Gasteiger partial charge in [0.1, 0.15) is 6.04 Å². The van der Waals surface area contributed by atoms with E-state index in [0.717, 1.165) is 16.8 Å². The van der Waals surface area contributed by atoms with Gasteiger partial charge in [0.05, 0.1) is 0 Å². The summed E-state index contributed by atoms with van der Waals surface area (Å²) >= 11 is 0. The van der Waals surface area contributed by atoms with Crippen molar-refractivity contribution in [3.8, 4) is 0 Å². The van der Waals surface area contributed by atoms with E-state index in [4.69, 9.17) is 0 Å². The summed E-state index contributed by atoms with van der Waals surface area (Å²) in [6.07, 6.45) is 1.30. The van der Waals surface area contributed by atoms with Crippen molar-refractivity contribution < 1.29 is 14.7 Å². The first kappa shape index (κ1) is 14.3. The van der Waals surface area contributed by atoms with Crippen molar-refractivity contribution in [2.45, 2.75) is 25.3 Å². The molecule has 2 aromatic rings. The van der Waals surface area contributed by atoms with Crippen LogP contribution in [-0.4, -0.2) is 23.0 Å². The topological polar surface area (TPSA) is 57.6 Å². The summed E-state index contributed by atoms with van der Waals surface area (Å²) in [5.41, 5.74) is 2.73. The van der Waals surface area contributed by atoms with E-state index in [1.54, 1.807) is 0 Å². The van der Waals surface area contributed by atoms with Gasteiger partial charge in [0, 0.05) is 18.5 Å². The number of hydrogen-bond donors (Lipinski definition) is 1. The third-order valence-corrected chi connectivity index (χ3v) is 4.00. The van der Waals surface area contributed by atoms with Crippen molar-refractivity contribution in [3.63, 3.8) is 0 Å². The van der Waals surface area contributed by atoms with E-state index in [1.165, 1.54) is 4.90 Å². The number of amides is 1. The molecule has 0 fully saturated rings. The Morgan fingerprint density at radius 3 is 2.45 bits per heavy atom. The minimum atomic E-state index is -0.954. The fourth-order valence-corrected chi connectivity index (χ4v) is 2.91. The molecule has 3 rings (SSSR count). The normalized spacial score (nSPS) is 16.4. The van der Waals surface area contributed by atoms with Gasteiger partial charge < -0.3 is 5.11 Å². The van der Waals surface area contributed by atoms with Crippen LogP contribution in [-0.2, 0) is 22.4 Å². The Morgan fingerprint density at radius 1 is 1.05 bits per heavy atom. The number of anilines is 1. The second-order valence-electron chi connectivity index (χ2n) is 5.44. The minimum absolute atomic E-state index is 0.138. The van der Waals surface area contributed by atoms with Crippen molar-refractivity contribution in [2.24, 2.45) is 0 Å². The number of carboxylic acids is 1. The molecule has 4 heteroatoms. The lowest BCUT2D eigenvalue weighted by molar-refractivity contribution is -0.139. The second kappa shape index (κ2) is 6.02. The number of benzene rings is 2. The highest BCUT2D eigenvalue weighted by molar-refractivity contribution is 6.01. The van der Waals surface area contributed by atoms with Crippen LogP contribution in [0.15, 0.2) is 54.6 Å². The van der Waals surface area contributed by atoms with E-state index >= 15 is 0 Å². The fourth-order valence-electron chi connectivity index (χ4n) is 2.91. The number of hydrogen-bond acceptors (Lipinski definition) is 2. The Kier molecular flexibility index (Phi) is 3.92. The van der Waals surface area contributed by atoms with Crippen LogP contribution in [0.5, 0.6) is 0 Å². The van der Waals surface area contributed by atoms with E-state index in [0.29, 0.717) is 19.3 Å². The van der Waals surface area contributed by atoms with Crippen LogP contribution in [0.25, 0.3) is 0 Å². The molecule has 22 heavy (non-hydrogen) atoms. The Bertz CT molecular complexity index is 696. The number of aliphatic carboxylic acids is 1. The standard InChI is InChI=1S/C18H17NO3/c20-17(11-10-13-6-2-1-3-7-13)19-15-9-5-4-8-14(15)12-16(19)18(21)22/h1-9,16H,10-12H2,(H,21,22). The number of carbonyl (C=O) groups excluding carboxylic acids is 1. The first-order chi connectivity index (χ1) is 10.7. The lowest BCUT2D eigenvalue weighted by Gasteiger charge is -2.22. The van der Waals surface area contributed by atoms with Crippen molar-refractivity contribution in [1.82, 2.24) is 0 Å². The highest BCUT2D eigenvalue weighted by atomic mass is 16.4. The molecule has 112 valence electrons. The van der Waals surface area contributed by atoms with E-state index < -0.39 is 12.0 Å². The molecule has 0 radical (unpaired) electrons. The number of carbonyl (C=O) groups is 2. The molecule has 0 aliphatic carbocycles. The fraction of sp³-hybridized carbons (Fsp3) is 0.222. The van der Waals surface area contributed by atoms with Crippen molar-refractivity contribution in [1.29, 1.82) is 0 Å². The first-order valence-corrected chi connectivity index (χ1v) is 7.33. The van der Waals surface area contributed by atoms with Crippen molar-refractivity contribution in [2.75, 3.05) is 4.90 Å². The van der Waals surface area contributed by atoms with Crippen LogP contribution in [0.4, 0.5) is 5.69 Å². The molecule has 0 saturated heterocycles. The van der Waals surface area contributed by atoms with Crippen molar-refractivity contribution in [3.05, 3.63) is 65.7 Å². The van der Waals surface area contributed by atoms with E-state index in [9.17, 15) is 14.7 Å². The summed E-state index contributed by atoms with van der Waals surface area (Å²) in [6, 6.07) is 16.4. The maximum absolute atomic E-state index is 12.6. The minimum Gasteiger partial charge on any atom is -0.480 e. The second-order valence-corrected chi connectivity index (χ2v) is 5.44. The van der Waals surface area contributed by atoms with Crippen LogP contribution in [0.2, 0.25) is 0 Å². The molecule has 1 heterocycles. The number of aryl methyl sites for hydroxylation is 1. The Morgan fingerprint density at radius 2 is 1.73 bits per heavy atom. The summed E-state index contributed by atoms with van der Waals surface area (Å²) in [7, 11) is 0. The van der Waals surface area contributed by atoms with Gasteiger partial charge in [0.15, 0.2) is 0 Å². The van der Waals surface area contributed by atoms with E-state index in [-0.39, 0.29) is 5.91 Å². The highest BCUT2D eigenvalue weighted by Crippen LogP contribution is 2.32. The SMILES string of the molecule is O=C(O)C1Cc2ccccc2N1C(=O)CCc1ccccc1. The number of rotatable bonds is 4. The molecule has 1 aliphatic rings. The smallest absolute Gasteiger partial charge is 0.327 e. The van der Waals surface area contributed by atoms with Crippen LogP contribution in [0.3, 0.4) is 0 Å². The summed E-state index contributed by atoms with van der Waals surface area (Å²) in [5.74, 6) is -1.09. The number of nitrogens with zero attached hydrogens (tertiary/aromatic N) is 1. The van der Waals surface area contributed by atoms with E-state index in [2.05, 4.69) is 0 Å². The Balaban J connectivity index is 1.78. The first-order valence-electron chi connectivity index (χ1n) is 7.33. The zero-order valence-corrected chi connectivity index (χ0v) is 12.1. The average molecular weight is 295 g/mol. The van der Waals surface area contributed by atoms with Gasteiger partial charge in [-0.15, -0.1) is 0 Å². The lowest BCUT2D eigenvalue weighted by atomic mass is 10.1. The van der Waals surface area contributed by atoms with Gasteiger partial charge >= 0.3 is 5.97 Å². The van der Waals surface area contributed by atoms with Crippen LogP contribution >= 0.6 is 0 Å². The molecule has 1 atom stereocenters. The molecular weight excluding hydrogens is 278 g/mol. The predicted octanol–water partition coefficient (Wildman–Crippen LogP) is 2.66. The molecule has 0 saturated carbocycles. The van der Waals surface area contributed by atoms with Gasteiger partial charge in [0.25, 0.3) is 0 Å². The van der Waals surface area contributed by atoms with E-state index in [1.807, 2.05) is 54.6 Å². The Labute approximate surface area is 129 Å². The average Bonchev–Trinajstić information content (AvgIpc) is 2.93. The third-order valence-electron chi connectivity index (χ3n) is 4.00. The molecule has 0 aromatic heterocycles.